The van der Waals surface area contributed by atoms with E-state index in [9.17, 15) is 14.4 Å². The van der Waals surface area contributed by atoms with E-state index >= 15 is 0 Å². The molecule has 2 unspecified atom stereocenters. The summed E-state index contributed by atoms with van der Waals surface area (Å²) in [6, 6.07) is -1.23. The molecular formula is C27H44N6O4S2. The van der Waals surface area contributed by atoms with Gasteiger partial charge >= 0.3 is 12.1 Å². The van der Waals surface area contributed by atoms with Crippen molar-refractivity contribution in [1.29, 1.82) is 0 Å². The molecule has 0 saturated carbocycles. The maximum Gasteiger partial charge on any atom is 0.410 e. The van der Waals surface area contributed by atoms with Gasteiger partial charge < -0.3 is 25.6 Å². The number of hydrogen-bond donors (Lipinski definition) is 3. The average Bonchev–Trinajstić information content (AvgIpc) is 3.59. The summed E-state index contributed by atoms with van der Waals surface area (Å²) in [6.45, 7) is 13.6. The molecule has 0 radical (unpaired) electrons. The van der Waals surface area contributed by atoms with Gasteiger partial charge in [-0.3, -0.25) is 9.78 Å². The van der Waals surface area contributed by atoms with E-state index in [4.69, 9.17) is 4.74 Å². The fourth-order valence-electron chi connectivity index (χ4n) is 3.91. The Labute approximate surface area is 240 Å². The predicted molar refractivity (Wildman–Crippen MR) is 156 cm³/mol. The van der Waals surface area contributed by atoms with Gasteiger partial charge in [-0.2, -0.15) is 0 Å². The van der Waals surface area contributed by atoms with Crippen molar-refractivity contribution in [2.24, 2.45) is 5.92 Å². The average molecular weight is 581 g/mol. The van der Waals surface area contributed by atoms with Gasteiger partial charge in [-0.15, -0.1) is 22.7 Å². The number of ether oxygens (including phenoxy) is 1. The highest BCUT2D eigenvalue weighted by atomic mass is 32.1. The first-order chi connectivity index (χ1) is 18.6. The molecular weight excluding hydrogens is 536 g/mol. The van der Waals surface area contributed by atoms with Crippen LogP contribution in [-0.2, 0) is 22.7 Å². The molecule has 2 atom stereocenters. The fourth-order valence-corrected chi connectivity index (χ4v) is 5.25. The van der Waals surface area contributed by atoms with Gasteiger partial charge in [0.2, 0.25) is 5.91 Å². The van der Waals surface area contributed by atoms with Crippen LogP contribution in [0.15, 0.2) is 17.1 Å². The molecule has 10 nitrogen and oxygen atoms in total. The minimum Gasteiger partial charge on any atom is -0.444 e. The lowest BCUT2D eigenvalue weighted by atomic mass is 10.0. The first-order valence-corrected chi connectivity index (χ1v) is 15.5. The Hall–Kier alpha value is -2.73. The Morgan fingerprint density at radius 3 is 2.38 bits per heavy atom. The van der Waals surface area contributed by atoms with Crippen molar-refractivity contribution in [2.75, 3.05) is 13.1 Å². The molecule has 0 saturated heterocycles. The molecule has 0 bridgehead atoms. The van der Waals surface area contributed by atoms with Gasteiger partial charge in [0.15, 0.2) is 0 Å². The van der Waals surface area contributed by atoms with Crippen molar-refractivity contribution < 1.29 is 19.1 Å². The zero-order chi connectivity index (χ0) is 28.8. The summed E-state index contributed by atoms with van der Waals surface area (Å²) in [7, 11) is 0. The van der Waals surface area contributed by atoms with Crippen LogP contribution in [0.25, 0.3) is 0 Å². The number of carbonyl (C=O) groups is 3. The number of nitrogens with one attached hydrogen (secondary N) is 3. The van der Waals surface area contributed by atoms with Gasteiger partial charge in [0.25, 0.3) is 0 Å². The van der Waals surface area contributed by atoms with Crippen molar-refractivity contribution in [3.8, 4) is 0 Å². The SMILES string of the molecule is CCCC(CCN(CCC)C(=O)OCc1cncs1)NC(=O)C(NC(=O)NCc1csc(C(C)C)n1)C(C)C. The molecule has 39 heavy (non-hydrogen) atoms. The van der Waals surface area contributed by atoms with E-state index in [0.29, 0.717) is 32.0 Å². The quantitative estimate of drug-likeness (QED) is 0.248. The summed E-state index contributed by atoms with van der Waals surface area (Å²) in [4.78, 5) is 49.6. The molecule has 218 valence electrons. The molecule has 0 spiro atoms. The summed E-state index contributed by atoms with van der Waals surface area (Å²) in [5.74, 6) is -0.00143. The summed E-state index contributed by atoms with van der Waals surface area (Å²) >= 11 is 3.02. The van der Waals surface area contributed by atoms with Gasteiger partial charge in [0.05, 0.1) is 27.6 Å². The van der Waals surface area contributed by atoms with Crippen LogP contribution in [0.4, 0.5) is 9.59 Å². The highest BCUT2D eigenvalue weighted by Gasteiger charge is 2.27. The zero-order valence-electron chi connectivity index (χ0n) is 24.0. The van der Waals surface area contributed by atoms with E-state index in [0.717, 1.165) is 34.8 Å². The van der Waals surface area contributed by atoms with Gasteiger partial charge in [-0.25, -0.2) is 14.6 Å². The third-order valence-electron chi connectivity index (χ3n) is 6.03. The van der Waals surface area contributed by atoms with Gasteiger partial charge in [0, 0.05) is 36.6 Å². The van der Waals surface area contributed by atoms with Crippen LogP contribution >= 0.6 is 22.7 Å². The number of hydrogen-bond acceptors (Lipinski definition) is 8. The molecule has 0 aliphatic heterocycles. The maximum absolute atomic E-state index is 13.2. The first kappa shape index (κ1) is 32.5. The Kier molecular flexibility index (Phi) is 14.2. The van der Waals surface area contributed by atoms with E-state index in [1.54, 1.807) is 27.9 Å². The van der Waals surface area contributed by atoms with Crippen molar-refractivity contribution in [2.45, 2.75) is 98.4 Å². The topological polar surface area (TPSA) is 126 Å². The minimum absolute atomic E-state index is 0.108. The Bertz CT molecular complexity index is 1010. The van der Waals surface area contributed by atoms with E-state index in [-0.39, 0.29) is 30.6 Å². The lowest BCUT2D eigenvalue weighted by Gasteiger charge is -2.28. The number of aromatic nitrogens is 2. The second-order valence-electron chi connectivity index (χ2n) is 10.2. The molecule has 2 heterocycles. The second-order valence-corrected chi connectivity index (χ2v) is 12.0. The van der Waals surface area contributed by atoms with Crippen LogP contribution in [0.2, 0.25) is 0 Å². The zero-order valence-corrected chi connectivity index (χ0v) is 25.6. The Morgan fingerprint density at radius 2 is 1.79 bits per heavy atom. The lowest BCUT2D eigenvalue weighted by Crippen LogP contribution is -2.54. The number of nitrogens with zero attached hydrogens (tertiary/aromatic N) is 3. The first-order valence-electron chi connectivity index (χ1n) is 13.7. The molecule has 0 aliphatic carbocycles. The third kappa shape index (κ3) is 11.5. The van der Waals surface area contributed by atoms with Crippen LogP contribution < -0.4 is 16.0 Å². The van der Waals surface area contributed by atoms with E-state index in [2.05, 4.69) is 46.7 Å². The monoisotopic (exact) mass is 580 g/mol. The van der Waals surface area contributed by atoms with Crippen molar-refractivity contribution >= 4 is 40.7 Å². The number of thiazole rings is 2. The third-order valence-corrected chi connectivity index (χ3v) is 7.98. The molecule has 2 aromatic rings. The lowest BCUT2D eigenvalue weighted by molar-refractivity contribution is -0.124. The number of amides is 4. The Morgan fingerprint density at radius 1 is 1.03 bits per heavy atom. The van der Waals surface area contributed by atoms with Crippen LogP contribution in [-0.4, -0.2) is 58.1 Å². The second kappa shape index (κ2) is 17.1. The largest absolute Gasteiger partial charge is 0.444 e. The summed E-state index contributed by atoms with van der Waals surface area (Å²) in [6.07, 6.45) is 4.35. The number of urea groups is 1. The summed E-state index contributed by atoms with van der Waals surface area (Å²) in [5, 5.41) is 11.7. The van der Waals surface area contributed by atoms with Crippen LogP contribution in [0.3, 0.4) is 0 Å². The molecule has 3 N–H and O–H groups in total. The smallest absolute Gasteiger partial charge is 0.410 e. The molecule has 2 rings (SSSR count). The standard InChI is InChI=1S/C27H44N6O4S2/c1-7-9-20(10-12-33(11-8-2)27(36)37-15-22-14-28-17-39-22)30-24(34)23(18(3)4)32-26(35)29-13-21-16-38-25(31-21)19(5)6/h14,16-20,23H,7-13,15H2,1-6H3,(H,30,34)(H2,29,32,35). The molecule has 0 fully saturated rings. The van der Waals surface area contributed by atoms with Crippen molar-refractivity contribution in [3.05, 3.63) is 32.7 Å². The van der Waals surface area contributed by atoms with Crippen LogP contribution in [0, 0.1) is 5.92 Å². The highest BCUT2D eigenvalue weighted by molar-refractivity contribution is 7.09. The predicted octanol–water partition coefficient (Wildman–Crippen LogP) is 5.27. The fraction of sp³-hybridized carbons (Fsp3) is 0.667. The van der Waals surface area contributed by atoms with E-state index in [1.165, 1.54) is 11.3 Å². The summed E-state index contributed by atoms with van der Waals surface area (Å²) in [5.41, 5.74) is 2.51. The van der Waals surface area contributed by atoms with Gasteiger partial charge in [0.1, 0.15) is 12.6 Å². The Balaban J connectivity index is 1.90. The van der Waals surface area contributed by atoms with Crippen LogP contribution in [0.5, 0.6) is 0 Å². The van der Waals surface area contributed by atoms with Crippen molar-refractivity contribution in [3.63, 3.8) is 0 Å². The van der Waals surface area contributed by atoms with Gasteiger partial charge in [-0.05, 0) is 25.2 Å². The normalized spacial score (nSPS) is 12.7. The molecule has 12 heteroatoms. The van der Waals surface area contributed by atoms with E-state index in [1.807, 2.05) is 26.2 Å². The molecule has 0 aliphatic rings. The molecule has 2 aromatic heterocycles. The van der Waals surface area contributed by atoms with Crippen LogP contribution in [0.1, 0.15) is 88.7 Å². The number of carbonyl (C=O) groups excluding carboxylic acids is 3. The van der Waals surface area contributed by atoms with Gasteiger partial charge in [-0.1, -0.05) is 48.0 Å². The van der Waals surface area contributed by atoms with Crippen molar-refractivity contribution in [1.82, 2.24) is 30.8 Å². The molecule has 0 aromatic carbocycles. The minimum atomic E-state index is -0.692. The summed E-state index contributed by atoms with van der Waals surface area (Å²) < 4.78 is 5.47. The van der Waals surface area contributed by atoms with E-state index < -0.39 is 12.1 Å². The number of rotatable bonds is 16. The maximum atomic E-state index is 13.2. The highest BCUT2D eigenvalue weighted by Crippen LogP contribution is 2.19. The molecule has 4 amide bonds.